The van der Waals surface area contributed by atoms with Crippen molar-refractivity contribution in [3.63, 3.8) is 0 Å². The lowest BCUT2D eigenvalue weighted by Crippen LogP contribution is -1.96. The second-order valence-corrected chi connectivity index (χ2v) is 6.02. The van der Waals surface area contributed by atoms with Gasteiger partial charge >= 0.3 is 0 Å². The molecule has 0 unspecified atom stereocenters. The minimum absolute atomic E-state index is 0.0666. The Hall–Kier alpha value is -1.85. The summed E-state index contributed by atoms with van der Waals surface area (Å²) in [4.78, 5) is -0.0666. The predicted octanol–water partition coefficient (Wildman–Crippen LogP) is 3.13. The fourth-order valence-corrected chi connectivity index (χ4v) is 2.02. The topological polar surface area (TPSA) is 80.4 Å². The van der Waals surface area contributed by atoms with Gasteiger partial charge in [-0.15, -0.1) is 0 Å². The van der Waals surface area contributed by atoms with Crippen molar-refractivity contribution < 1.29 is 13.0 Å². The van der Waals surface area contributed by atoms with Crippen LogP contribution in [0.15, 0.2) is 47.4 Å². The van der Waals surface area contributed by atoms with Gasteiger partial charge in [0.25, 0.3) is 10.1 Å². The number of anilines is 1. The van der Waals surface area contributed by atoms with E-state index in [0.29, 0.717) is 0 Å². The van der Waals surface area contributed by atoms with Crippen LogP contribution in [0.25, 0.3) is 0 Å². The molecule has 20 heavy (non-hydrogen) atoms. The first-order valence-corrected chi connectivity index (χ1v) is 7.51. The second-order valence-electron chi connectivity index (χ2n) is 4.59. The highest BCUT2D eigenvalue weighted by molar-refractivity contribution is 7.85. The minimum atomic E-state index is -4.02. The van der Waals surface area contributed by atoms with Crippen molar-refractivity contribution in [2.75, 3.05) is 5.73 Å². The van der Waals surface area contributed by atoms with E-state index in [2.05, 4.69) is 0 Å². The zero-order valence-electron chi connectivity index (χ0n) is 11.8. The second kappa shape index (κ2) is 6.54. The van der Waals surface area contributed by atoms with E-state index in [1.807, 2.05) is 39.0 Å². The Morgan fingerprint density at radius 3 is 1.70 bits per heavy atom. The molecule has 0 amide bonds. The smallest absolute Gasteiger partial charge is 0.294 e. The molecule has 0 saturated carbocycles. The molecule has 2 aromatic carbocycles. The summed E-state index contributed by atoms with van der Waals surface area (Å²) in [6.45, 7) is 5.87. The first-order valence-electron chi connectivity index (χ1n) is 6.07. The Labute approximate surface area is 120 Å². The average molecular weight is 293 g/mol. The highest BCUT2D eigenvalue weighted by Gasteiger charge is 2.06. The van der Waals surface area contributed by atoms with E-state index in [0.717, 1.165) is 22.4 Å². The lowest BCUT2D eigenvalue weighted by Gasteiger charge is -2.00. The molecular weight excluding hydrogens is 274 g/mol. The monoisotopic (exact) mass is 293 g/mol. The number of nitrogen functional groups attached to an aromatic ring is 1. The summed E-state index contributed by atoms with van der Waals surface area (Å²) >= 11 is 0. The van der Waals surface area contributed by atoms with Gasteiger partial charge in [0.1, 0.15) is 0 Å². The van der Waals surface area contributed by atoms with Gasteiger partial charge in [-0.05, 0) is 44.0 Å². The van der Waals surface area contributed by atoms with Gasteiger partial charge in [-0.25, -0.2) is 0 Å². The van der Waals surface area contributed by atoms with Crippen molar-refractivity contribution in [1.82, 2.24) is 0 Å². The van der Waals surface area contributed by atoms with Crippen molar-refractivity contribution in [2.45, 2.75) is 25.7 Å². The molecule has 0 saturated heterocycles. The van der Waals surface area contributed by atoms with Crippen LogP contribution in [0.4, 0.5) is 5.69 Å². The van der Waals surface area contributed by atoms with Crippen molar-refractivity contribution in [1.29, 1.82) is 0 Å². The predicted molar refractivity (Wildman–Crippen MR) is 81.3 cm³/mol. The van der Waals surface area contributed by atoms with Gasteiger partial charge in [0.05, 0.1) is 4.90 Å². The Balaban J connectivity index is 0.000000204. The van der Waals surface area contributed by atoms with Gasteiger partial charge in [-0.3, -0.25) is 4.55 Å². The fourth-order valence-electron chi connectivity index (χ4n) is 1.54. The molecule has 4 nitrogen and oxygen atoms in total. The highest BCUT2D eigenvalue weighted by atomic mass is 32.2. The number of benzene rings is 2. The largest absolute Gasteiger partial charge is 0.398 e. The third-order valence-corrected chi connectivity index (χ3v) is 3.73. The maximum Gasteiger partial charge on any atom is 0.294 e. The zero-order chi connectivity index (χ0) is 15.3. The molecule has 0 aliphatic heterocycles. The molecule has 5 heteroatoms. The SMILES string of the molecule is Cc1ccc(S(=O)(=O)O)cc1.Cc1cccc(C)c1N. The standard InChI is InChI=1S/C8H11N.C7H8O3S/c1-6-4-3-5-7(2)8(6)9;1-6-2-4-7(5-3-6)11(8,9)10/h3-5H,9H2,1-2H3;2-5H,1H3,(H,8,9,10). The summed E-state index contributed by atoms with van der Waals surface area (Å²) in [6.07, 6.45) is 0. The molecule has 3 N–H and O–H groups in total. The van der Waals surface area contributed by atoms with Crippen LogP contribution in [0.2, 0.25) is 0 Å². The van der Waals surface area contributed by atoms with E-state index in [1.165, 1.54) is 12.1 Å². The first-order chi connectivity index (χ1) is 9.21. The lowest BCUT2D eigenvalue weighted by atomic mass is 10.1. The summed E-state index contributed by atoms with van der Waals surface area (Å²) in [6, 6.07) is 12.0. The Morgan fingerprint density at radius 2 is 1.35 bits per heavy atom. The molecule has 0 spiro atoms. The Bertz CT molecular complexity index is 657. The number of nitrogens with two attached hydrogens (primary N) is 1. The summed E-state index contributed by atoms with van der Waals surface area (Å²) in [7, 11) is -4.02. The fraction of sp³-hybridized carbons (Fsp3) is 0.200. The van der Waals surface area contributed by atoms with Crippen LogP contribution >= 0.6 is 0 Å². The van der Waals surface area contributed by atoms with Crippen LogP contribution in [-0.2, 0) is 10.1 Å². The summed E-state index contributed by atoms with van der Waals surface area (Å²) in [5.74, 6) is 0. The van der Waals surface area contributed by atoms with Gasteiger partial charge in [0.2, 0.25) is 0 Å². The zero-order valence-corrected chi connectivity index (χ0v) is 12.6. The molecule has 0 bridgehead atoms. The van der Waals surface area contributed by atoms with Crippen molar-refractivity contribution in [3.05, 3.63) is 59.2 Å². The molecule has 2 rings (SSSR count). The molecule has 0 heterocycles. The maximum atomic E-state index is 10.5. The van der Waals surface area contributed by atoms with Crippen LogP contribution < -0.4 is 5.73 Å². The third-order valence-electron chi connectivity index (χ3n) is 2.86. The van der Waals surface area contributed by atoms with Gasteiger partial charge in [0.15, 0.2) is 0 Å². The number of aryl methyl sites for hydroxylation is 3. The molecule has 0 atom stereocenters. The van der Waals surface area contributed by atoms with E-state index >= 15 is 0 Å². The van der Waals surface area contributed by atoms with Crippen LogP contribution in [0.5, 0.6) is 0 Å². The summed E-state index contributed by atoms with van der Waals surface area (Å²) in [5.41, 5.74) is 9.88. The van der Waals surface area contributed by atoms with Gasteiger partial charge < -0.3 is 5.73 Å². The molecule has 0 aliphatic carbocycles. The van der Waals surface area contributed by atoms with Crippen LogP contribution in [0.3, 0.4) is 0 Å². The van der Waals surface area contributed by atoms with E-state index in [9.17, 15) is 8.42 Å². The number of hydrogen-bond acceptors (Lipinski definition) is 3. The van der Waals surface area contributed by atoms with Crippen LogP contribution in [0, 0.1) is 20.8 Å². The Morgan fingerprint density at radius 1 is 0.900 bits per heavy atom. The van der Waals surface area contributed by atoms with Crippen molar-refractivity contribution >= 4 is 15.8 Å². The molecule has 108 valence electrons. The van der Waals surface area contributed by atoms with Crippen LogP contribution in [0.1, 0.15) is 16.7 Å². The normalized spacial score (nSPS) is 10.6. The molecular formula is C15H19NO3S. The number of para-hydroxylation sites is 1. The van der Waals surface area contributed by atoms with Crippen molar-refractivity contribution in [2.24, 2.45) is 0 Å². The van der Waals surface area contributed by atoms with E-state index < -0.39 is 10.1 Å². The number of hydrogen-bond donors (Lipinski definition) is 2. The van der Waals surface area contributed by atoms with Crippen molar-refractivity contribution in [3.8, 4) is 0 Å². The average Bonchev–Trinajstić information content (AvgIpc) is 2.36. The molecule has 2 aromatic rings. The molecule has 0 fully saturated rings. The number of rotatable bonds is 1. The molecule has 0 aromatic heterocycles. The van der Waals surface area contributed by atoms with Crippen LogP contribution in [-0.4, -0.2) is 13.0 Å². The molecule has 0 radical (unpaired) electrons. The third kappa shape index (κ3) is 4.68. The molecule has 0 aliphatic rings. The van der Waals surface area contributed by atoms with Gasteiger partial charge in [0, 0.05) is 5.69 Å². The Kier molecular flexibility index (Phi) is 5.30. The summed E-state index contributed by atoms with van der Waals surface area (Å²) < 4.78 is 29.6. The van der Waals surface area contributed by atoms with E-state index in [-0.39, 0.29) is 4.90 Å². The minimum Gasteiger partial charge on any atom is -0.398 e. The lowest BCUT2D eigenvalue weighted by molar-refractivity contribution is 0.483. The van der Waals surface area contributed by atoms with E-state index in [4.69, 9.17) is 10.3 Å². The summed E-state index contributed by atoms with van der Waals surface area (Å²) in [5, 5.41) is 0. The highest BCUT2D eigenvalue weighted by Crippen LogP contribution is 2.13. The maximum absolute atomic E-state index is 10.5. The van der Waals surface area contributed by atoms with E-state index in [1.54, 1.807) is 12.1 Å². The first kappa shape index (κ1) is 16.2. The van der Waals surface area contributed by atoms with Gasteiger partial charge in [-0.1, -0.05) is 35.9 Å². The van der Waals surface area contributed by atoms with Gasteiger partial charge in [-0.2, -0.15) is 8.42 Å². The quantitative estimate of drug-likeness (QED) is 0.625.